The molecule has 7 heteroatoms. The van der Waals surface area contributed by atoms with E-state index in [2.05, 4.69) is 24.0 Å². The number of amides is 1. The van der Waals surface area contributed by atoms with Gasteiger partial charge in [0, 0.05) is 6.54 Å². The number of fused-ring (bicyclic) bond motifs is 1. The number of rotatable bonds is 9. The van der Waals surface area contributed by atoms with Crippen LogP contribution in [0.2, 0.25) is 0 Å². The van der Waals surface area contributed by atoms with Gasteiger partial charge in [0.05, 0.1) is 23.9 Å². The summed E-state index contributed by atoms with van der Waals surface area (Å²) < 4.78 is 12.7. The first kappa shape index (κ1) is 21.6. The third kappa shape index (κ3) is 5.00. The third-order valence-corrected chi connectivity index (χ3v) is 6.24. The van der Waals surface area contributed by atoms with Crippen molar-refractivity contribution in [3.8, 4) is 11.5 Å². The fourth-order valence-electron chi connectivity index (χ4n) is 3.45. The maximum atomic E-state index is 11.7. The second kappa shape index (κ2) is 9.70. The number of hydrogen-bond acceptors (Lipinski definition) is 6. The third-order valence-electron chi connectivity index (χ3n) is 5.15. The summed E-state index contributed by atoms with van der Waals surface area (Å²) in [4.78, 5) is 18.3. The van der Waals surface area contributed by atoms with E-state index >= 15 is 0 Å². The Labute approximate surface area is 191 Å². The van der Waals surface area contributed by atoms with Crippen LogP contribution in [0.4, 0.5) is 5.13 Å². The van der Waals surface area contributed by atoms with Gasteiger partial charge >= 0.3 is 0 Å². The van der Waals surface area contributed by atoms with Crippen LogP contribution in [-0.2, 0) is 17.9 Å². The van der Waals surface area contributed by atoms with Gasteiger partial charge in [-0.05, 0) is 47.9 Å². The van der Waals surface area contributed by atoms with Gasteiger partial charge in [-0.3, -0.25) is 4.79 Å². The molecule has 0 saturated heterocycles. The minimum absolute atomic E-state index is 0.0771. The van der Waals surface area contributed by atoms with E-state index in [1.807, 2.05) is 59.5 Å². The van der Waals surface area contributed by atoms with E-state index in [4.69, 9.17) is 15.2 Å². The molecule has 1 heterocycles. The van der Waals surface area contributed by atoms with E-state index in [0.717, 1.165) is 26.5 Å². The first-order valence-electron chi connectivity index (χ1n) is 10.3. The number of hydrogen-bond donors (Lipinski definition) is 1. The van der Waals surface area contributed by atoms with Crippen LogP contribution in [0.3, 0.4) is 0 Å². The first-order chi connectivity index (χ1) is 15.5. The minimum Gasteiger partial charge on any atom is -0.493 e. The molecule has 0 saturated carbocycles. The quantitative estimate of drug-likeness (QED) is 0.403. The van der Waals surface area contributed by atoms with Crippen LogP contribution in [-0.4, -0.2) is 24.5 Å². The fraction of sp³-hybridized carbons (Fsp3) is 0.200. The molecule has 0 aliphatic carbocycles. The van der Waals surface area contributed by atoms with Gasteiger partial charge in [0.25, 0.3) is 0 Å². The molecular weight excluding hydrogens is 422 g/mol. The number of primary amides is 1. The number of nitrogens with two attached hydrogens (primary N) is 1. The van der Waals surface area contributed by atoms with Crippen molar-refractivity contribution in [2.24, 2.45) is 5.73 Å². The normalized spacial score (nSPS) is 10.8. The molecule has 2 N–H and O–H groups in total. The lowest BCUT2D eigenvalue weighted by Crippen LogP contribution is -2.33. The predicted molar refractivity (Wildman–Crippen MR) is 128 cm³/mol. The Bertz CT molecular complexity index is 1210. The average molecular weight is 448 g/mol. The van der Waals surface area contributed by atoms with E-state index < -0.39 is 5.91 Å². The summed E-state index contributed by atoms with van der Waals surface area (Å²) in [7, 11) is 1.62. The van der Waals surface area contributed by atoms with Gasteiger partial charge in [0.15, 0.2) is 16.6 Å². The molecule has 0 spiro atoms. The predicted octanol–water partition coefficient (Wildman–Crippen LogP) is 4.68. The van der Waals surface area contributed by atoms with Crippen LogP contribution >= 0.6 is 11.3 Å². The van der Waals surface area contributed by atoms with E-state index in [-0.39, 0.29) is 6.54 Å². The lowest BCUT2D eigenvalue weighted by molar-refractivity contribution is -0.116. The van der Waals surface area contributed by atoms with Crippen LogP contribution in [0.1, 0.15) is 16.7 Å². The molecule has 4 rings (SSSR count). The van der Waals surface area contributed by atoms with Crippen molar-refractivity contribution < 1.29 is 14.3 Å². The Morgan fingerprint density at radius 1 is 1.06 bits per heavy atom. The minimum atomic E-state index is -0.408. The number of nitrogens with zero attached hydrogens (tertiary/aromatic N) is 2. The lowest BCUT2D eigenvalue weighted by Gasteiger charge is -2.21. The van der Waals surface area contributed by atoms with Crippen molar-refractivity contribution in [2.75, 3.05) is 18.6 Å². The number of carbonyl (C=O) groups is 1. The van der Waals surface area contributed by atoms with Crippen molar-refractivity contribution in [3.63, 3.8) is 0 Å². The van der Waals surface area contributed by atoms with Gasteiger partial charge in [-0.15, -0.1) is 0 Å². The van der Waals surface area contributed by atoms with Crippen LogP contribution in [0.15, 0.2) is 66.7 Å². The number of methoxy groups -OCH3 is 1. The molecule has 0 fully saturated rings. The monoisotopic (exact) mass is 447 g/mol. The zero-order chi connectivity index (χ0) is 22.5. The maximum absolute atomic E-state index is 11.7. The molecular formula is C25H25N3O3S. The number of aromatic nitrogens is 1. The van der Waals surface area contributed by atoms with Crippen LogP contribution in [0.25, 0.3) is 10.2 Å². The molecule has 32 heavy (non-hydrogen) atoms. The highest BCUT2D eigenvalue weighted by Gasteiger charge is 2.16. The summed E-state index contributed by atoms with van der Waals surface area (Å²) in [6.07, 6.45) is 0. The Morgan fingerprint density at radius 3 is 2.59 bits per heavy atom. The number of carbonyl (C=O) groups excluding carboxylic acids is 1. The van der Waals surface area contributed by atoms with Crippen molar-refractivity contribution in [3.05, 3.63) is 83.4 Å². The highest BCUT2D eigenvalue weighted by molar-refractivity contribution is 7.22. The Hall–Kier alpha value is -3.58. The molecule has 3 aromatic carbocycles. The van der Waals surface area contributed by atoms with Crippen molar-refractivity contribution in [1.29, 1.82) is 0 Å². The number of ether oxygens (including phenoxy) is 2. The SMILES string of the molecule is COc1cc(CN(CC(N)=O)c2nc3ccccc3s2)ccc1OCc1ccccc1C. The highest BCUT2D eigenvalue weighted by atomic mass is 32.1. The summed E-state index contributed by atoms with van der Waals surface area (Å²) in [6.45, 7) is 3.07. The molecule has 0 unspecified atom stereocenters. The second-order valence-corrected chi connectivity index (χ2v) is 8.50. The highest BCUT2D eigenvalue weighted by Crippen LogP contribution is 2.32. The smallest absolute Gasteiger partial charge is 0.237 e. The van der Waals surface area contributed by atoms with E-state index in [1.165, 1.54) is 16.9 Å². The summed E-state index contributed by atoms with van der Waals surface area (Å²) >= 11 is 1.54. The Kier molecular flexibility index (Phi) is 6.56. The molecule has 164 valence electrons. The standard InChI is InChI=1S/C25H25N3O3S/c1-17-7-3-4-8-19(17)16-31-21-12-11-18(13-22(21)30-2)14-28(15-24(26)29)25-27-20-9-5-6-10-23(20)32-25/h3-13H,14-16H2,1-2H3,(H2,26,29). The van der Waals surface area contributed by atoms with Crippen molar-refractivity contribution >= 4 is 32.6 Å². The lowest BCUT2D eigenvalue weighted by atomic mass is 10.1. The van der Waals surface area contributed by atoms with Crippen LogP contribution in [0, 0.1) is 6.92 Å². The molecule has 1 amide bonds. The maximum Gasteiger partial charge on any atom is 0.237 e. The second-order valence-electron chi connectivity index (χ2n) is 7.49. The molecule has 0 aliphatic rings. The van der Waals surface area contributed by atoms with Gasteiger partial charge < -0.3 is 20.1 Å². The van der Waals surface area contributed by atoms with Crippen LogP contribution in [0.5, 0.6) is 11.5 Å². The molecule has 4 aromatic rings. The summed E-state index contributed by atoms with van der Waals surface area (Å²) in [5.41, 5.74) is 9.69. The number of aryl methyl sites for hydroxylation is 1. The topological polar surface area (TPSA) is 77.7 Å². The number of anilines is 1. The number of benzene rings is 3. The molecule has 0 radical (unpaired) electrons. The van der Waals surface area contributed by atoms with Gasteiger partial charge in [-0.2, -0.15) is 0 Å². The van der Waals surface area contributed by atoms with Gasteiger partial charge in [-0.25, -0.2) is 4.98 Å². The molecule has 1 aromatic heterocycles. The van der Waals surface area contributed by atoms with Crippen LogP contribution < -0.4 is 20.1 Å². The Morgan fingerprint density at radius 2 is 1.84 bits per heavy atom. The molecule has 0 bridgehead atoms. The molecule has 0 aliphatic heterocycles. The molecule has 0 atom stereocenters. The Balaban J connectivity index is 1.54. The zero-order valence-electron chi connectivity index (χ0n) is 18.1. The summed E-state index contributed by atoms with van der Waals surface area (Å²) in [6, 6.07) is 21.8. The van der Waals surface area contributed by atoms with E-state index in [1.54, 1.807) is 7.11 Å². The van der Waals surface area contributed by atoms with Gasteiger partial charge in [0.1, 0.15) is 6.61 Å². The zero-order valence-corrected chi connectivity index (χ0v) is 18.9. The average Bonchev–Trinajstić information content (AvgIpc) is 3.22. The van der Waals surface area contributed by atoms with E-state index in [0.29, 0.717) is 24.7 Å². The number of thiazole rings is 1. The van der Waals surface area contributed by atoms with Crippen molar-refractivity contribution in [2.45, 2.75) is 20.1 Å². The fourth-order valence-corrected chi connectivity index (χ4v) is 4.42. The summed E-state index contributed by atoms with van der Waals surface area (Å²) in [5.74, 6) is 0.898. The largest absolute Gasteiger partial charge is 0.493 e. The van der Waals surface area contributed by atoms with Gasteiger partial charge in [0.2, 0.25) is 5.91 Å². The number of para-hydroxylation sites is 1. The van der Waals surface area contributed by atoms with Crippen molar-refractivity contribution in [1.82, 2.24) is 4.98 Å². The summed E-state index contributed by atoms with van der Waals surface area (Å²) in [5, 5.41) is 0.754. The first-order valence-corrected chi connectivity index (χ1v) is 11.1. The molecule has 6 nitrogen and oxygen atoms in total. The van der Waals surface area contributed by atoms with Gasteiger partial charge in [-0.1, -0.05) is 53.8 Å². The van der Waals surface area contributed by atoms with E-state index in [9.17, 15) is 4.79 Å².